The molecule has 0 aliphatic heterocycles. The second kappa shape index (κ2) is 6.04. The van der Waals surface area contributed by atoms with Gasteiger partial charge >= 0.3 is 0 Å². The van der Waals surface area contributed by atoms with Gasteiger partial charge in [-0.2, -0.15) is 0 Å². The standard InChI is InChI=1S/C14H18N4O/c1-3-12-7-14(18-9-17-12)16-8-10-6-11(15)4-5-13(10)19-2/h4-7,9H,3,8,15H2,1-2H3,(H,16,17,18). The highest BCUT2D eigenvalue weighted by molar-refractivity contribution is 5.49. The maximum Gasteiger partial charge on any atom is 0.129 e. The monoisotopic (exact) mass is 258 g/mol. The zero-order chi connectivity index (χ0) is 13.7. The molecule has 0 aliphatic carbocycles. The molecule has 0 amide bonds. The lowest BCUT2D eigenvalue weighted by atomic mass is 10.1. The Bertz CT molecular complexity index is 557. The van der Waals surface area contributed by atoms with E-state index < -0.39 is 0 Å². The van der Waals surface area contributed by atoms with Crippen molar-refractivity contribution in [3.05, 3.63) is 41.9 Å². The molecule has 0 atom stereocenters. The molecular formula is C14H18N4O. The van der Waals surface area contributed by atoms with E-state index in [0.29, 0.717) is 6.54 Å². The van der Waals surface area contributed by atoms with Gasteiger partial charge in [0.1, 0.15) is 17.9 Å². The lowest BCUT2D eigenvalue weighted by Crippen LogP contribution is -2.05. The third kappa shape index (κ3) is 3.34. The number of benzene rings is 1. The van der Waals surface area contributed by atoms with E-state index in [-0.39, 0.29) is 0 Å². The molecule has 0 bridgehead atoms. The van der Waals surface area contributed by atoms with E-state index in [1.54, 1.807) is 13.4 Å². The Labute approximate surface area is 112 Å². The number of hydrogen-bond acceptors (Lipinski definition) is 5. The molecule has 0 aliphatic rings. The molecular weight excluding hydrogens is 240 g/mol. The number of rotatable bonds is 5. The predicted octanol–water partition coefficient (Wildman–Crippen LogP) is 2.24. The minimum Gasteiger partial charge on any atom is -0.496 e. The van der Waals surface area contributed by atoms with Crippen LogP contribution in [-0.2, 0) is 13.0 Å². The van der Waals surface area contributed by atoms with Crippen LogP contribution in [0, 0.1) is 0 Å². The first kappa shape index (κ1) is 13.1. The van der Waals surface area contributed by atoms with Gasteiger partial charge in [-0.3, -0.25) is 0 Å². The van der Waals surface area contributed by atoms with Crippen LogP contribution in [0.3, 0.4) is 0 Å². The number of nitrogens with two attached hydrogens (primary N) is 1. The topological polar surface area (TPSA) is 73.1 Å². The Morgan fingerprint density at radius 3 is 2.84 bits per heavy atom. The normalized spacial score (nSPS) is 10.2. The fraction of sp³-hybridized carbons (Fsp3) is 0.286. The molecule has 5 nitrogen and oxygen atoms in total. The van der Waals surface area contributed by atoms with Crippen LogP contribution in [0.4, 0.5) is 11.5 Å². The molecule has 0 saturated heterocycles. The molecule has 0 saturated carbocycles. The highest BCUT2D eigenvalue weighted by Gasteiger charge is 2.04. The Hall–Kier alpha value is -2.30. The number of hydrogen-bond donors (Lipinski definition) is 2. The molecule has 100 valence electrons. The maximum atomic E-state index is 5.79. The van der Waals surface area contributed by atoms with Crippen LogP contribution in [0.1, 0.15) is 18.2 Å². The zero-order valence-electron chi connectivity index (χ0n) is 11.2. The summed E-state index contributed by atoms with van der Waals surface area (Å²) in [5, 5.41) is 3.25. The van der Waals surface area contributed by atoms with Crippen molar-refractivity contribution in [2.75, 3.05) is 18.2 Å². The van der Waals surface area contributed by atoms with Gasteiger partial charge in [0.05, 0.1) is 7.11 Å². The molecule has 2 rings (SSSR count). The molecule has 0 spiro atoms. The predicted molar refractivity (Wildman–Crippen MR) is 76.1 cm³/mol. The van der Waals surface area contributed by atoms with Gasteiger partial charge in [0.2, 0.25) is 0 Å². The van der Waals surface area contributed by atoms with E-state index >= 15 is 0 Å². The van der Waals surface area contributed by atoms with E-state index in [0.717, 1.165) is 34.9 Å². The van der Waals surface area contributed by atoms with Crippen LogP contribution < -0.4 is 15.8 Å². The molecule has 2 aromatic rings. The summed E-state index contributed by atoms with van der Waals surface area (Å²) in [7, 11) is 1.65. The van der Waals surface area contributed by atoms with Gasteiger partial charge in [0.15, 0.2) is 0 Å². The van der Waals surface area contributed by atoms with E-state index in [2.05, 4.69) is 22.2 Å². The zero-order valence-corrected chi connectivity index (χ0v) is 11.2. The maximum absolute atomic E-state index is 5.79. The lowest BCUT2D eigenvalue weighted by molar-refractivity contribution is 0.410. The summed E-state index contributed by atoms with van der Waals surface area (Å²) in [4.78, 5) is 8.35. The highest BCUT2D eigenvalue weighted by Crippen LogP contribution is 2.21. The largest absolute Gasteiger partial charge is 0.496 e. The molecule has 0 radical (unpaired) electrons. The van der Waals surface area contributed by atoms with Crippen LogP contribution in [-0.4, -0.2) is 17.1 Å². The van der Waals surface area contributed by atoms with E-state index in [1.165, 1.54) is 0 Å². The summed E-state index contributed by atoms with van der Waals surface area (Å²) in [5.74, 6) is 1.61. The van der Waals surface area contributed by atoms with Gasteiger partial charge < -0.3 is 15.8 Å². The van der Waals surface area contributed by atoms with E-state index in [4.69, 9.17) is 10.5 Å². The number of anilines is 2. The fourth-order valence-electron chi connectivity index (χ4n) is 1.81. The molecule has 3 N–H and O–H groups in total. The van der Waals surface area contributed by atoms with Crippen LogP contribution >= 0.6 is 0 Å². The molecule has 0 unspecified atom stereocenters. The van der Waals surface area contributed by atoms with Crippen molar-refractivity contribution >= 4 is 11.5 Å². The summed E-state index contributed by atoms with van der Waals surface area (Å²) in [5.41, 5.74) is 8.52. The second-order valence-electron chi connectivity index (χ2n) is 4.17. The average Bonchev–Trinajstić information content (AvgIpc) is 2.45. The summed E-state index contributed by atoms with van der Waals surface area (Å²) < 4.78 is 5.31. The number of aromatic nitrogens is 2. The van der Waals surface area contributed by atoms with Crippen LogP contribution in [0.15, 0.2) is 30.6 Å². The van der Waals surface area contributed by atoms with Gasteiger partial charge in [0.25, 0.3) is 0 Å². The van der Waals surface area contributed by atoms with Gasteiger partial charge in [-0.25, -0.2) is 9.97 Å². The van der Waals surface area contributed by atoms with Crippen LogP contribution in [0.2, 0.25) is 0 Å². The Balaban J connectivity index is 2.11. The molecule has 19 heavy (non-hydrogen) atoms. The average molecular weight is 258 g/mol. The summed E-state index contributed by atoms with van der Waals surface area (Å²) >= 11 is 0. The van der Waals surface area contributed by atoms with Crippen molar-refractivity contribution in [2.24, 2.45) is 0 Å². The smallest absolute Gasteiger partial charge is 0.129 e. The van der Waals surface area contributed by atoms with E-state index in [1.807, 2.05) is 24.3 Å². The quantitative estimate of drug-likeness (QED) is 0.805. The minimum absolute atomic E-state index is 0.606. The Morgan fingerprint density at radius 2 is 2.11 bits per heavy atom. The van der Waals surface area contributed by atoms with Crippen molar-refractivity contribution in [3.63, 3.8) is 0 Å². The second-order valence-corrected chi connectivity index (χ2v) is 4.17. The Morgan fingerprint density at radius 1 is 1.26 bits per heavy atom. The molecule has 1 aromatic carbocycles. The first-order chi connectivity index (χ1) is 9.22. The van der Waals surface area contributed by atoms with Gasteiger partial charge in [-0.1, -0.05) is 6.92 Å². The molecule has 5 heteroatoms. The SMILES string of the molecule is CCc1cc(NCc2cc(N)ccc2OC)ncn1. The highest BCUT2D eigenvalue weighted by atomic mass is 16.5. The van der Waals surface area contributed by atoms with Gasteiger partial charge in [0, 0.05) is 29.6 Å². The summed E-state index contributed by atoms with van der Waals surface area (Å²) in [6.07, 6.45) is 2.45. The number of nitrogens with zero attached hydrogens (tertiary/aromatic N) is 2. The minimum atomic E-state index is 0.606. The lowest BCUT2D eigenvalue weighted by Gasteiger charge is -2.11. The van der Waals surface area contributed by atoms with Crippen molar-refractivity contribution in [1.82, 2.24) is 9.97 Å². The first-order valence-electron chi connectivity index (χ1n) is 6.20. The van der Waals surface area contributed by atoms with E-state index in [9.17, 15) is 0 Å². The number of nitrogens with one attached hydrogen (secondary N) is 1. The van der Waals surface area contributed by atoms with Crippen LogP contribution in [0.5, 0.6) is 5.75 Å². The summed E-state index contributed by atoms with van der Waals surface area (Å²) in [6.45, 7) is 2.67. The molecule has 0 fully saturated rings. The molecule has 1 heterocycles. The number of ether oxygens (including phenoxy) is 1. The van der Waals surface area contributed by atoms with Gasteiger partial charge in [-0.15, -0.1) is 0 Å². The van der Waals surface area contributed by atoms with Crippen molar-refractivity contribution < 1.29 is 4.74 Å². The third-order valence-electron chi connectivity index (χ3n) is 2.85. The Kier molecular flexibility index (Phi) is 4.18. The van der Waals surface area contributed by atoms with Crippen LogP contribution in [0.25, 0.3) is 0 Å². The van der Waals surface area contributed by atoms with Crippen molar-refractivity contribution in [1.29, 1.82) is 0 Å². The molecule has 1 aromatic heterocycles. The van der Waals surface area contributed by atoms with Crippen molar-refractivity contribution in [2.45, 2.75) is 19.9 Å². The van der Waals surface area contributed by atoms with Crippen molar-refractivity contribution in [3.8, 4) is 5.75 Å². The number of methoxy groups -OCH3 is 1. The number of aryl methyl sites for hydroxylation is 1. The van der Waals surface area contributed by atoms with Gasteiger partial charge in [-0.05, 0) is 24.6 Å². The summed E-state index contributed by atoms with van der Waals surface area (Å²) in [6, 6.07) is 7.53. The third-order valence-corrected chi connectivity index (χ3v) is 2.85. The first-order valence-corrected chi connectivity index (χ1v) is 6.20. The number of nitrogen functional groups attached to an aromatic ring is 1. The fourth-order valence-corrected chi connectivity index (χ4v) is 1.81.